The zero-order chi connectivity index (χ0) is 16.1. The molecule has 2 N–H and O–H groups in total. The SMILES string of the molecule is CNC(=O)CC1CCN(C(=O)Nc2cccc(C)c2Cl)CC1. The number of likely N-dealkylation sites (tertiary alicyclic amines) is 1. The first-order valence-electron chi connectivity index (χ1n) is 7.53. The summed E-state index contributed by atoms with van der Waals surface area (Å²) in [6.45, 7) is 3.23. The van der Waals surface area contributed by atoms with E-state index in [0.29, 0.717) is 36.1 Å². The monoisotopic (exact) mass is 323 g/mol. The Balaban J connectivity index is 1.87. The highest BCUT2D eigenvalue weighted by atomic mass is 35.5. The van der Waals surface area contributed by atoms with Crippen LogP contribution in [0, 0.1) is 12.8 Å². The second kappa shape index (κ2) is 7.49. The van der Waals surface area contributed by atoms with Crippen molar-refractivity contribution in [2.24, 2.45) is 5.92 Å². The smallest absolute Gasteiger partial charge is 0.321 e. The maximum Gasteiger partial charge on any atom is 0.321 e. The number of nitrogens with one attached hydrogen (secondary N) is 2. The lowest BCUT2D eigenvalue weighted by Crippen LogP contribution is -2.41. The molecule has 0 aliphatic carbocycles. The zero-order valence-electron chi connectivity index (χ0n) is 13.0. The molecule has 0 saturated carbocycles. The molecule has 0 spiro atoms. The van der Waals surface area contributed by atoms with Crippen molar-refractivity contribution < 1.29 is 9.59 Å². The highest BCUT2D eigenvalue weighted by Gasteiger charge is 2.24. The second-order valence-corrected chi connectivity index (χ2v) is 6.05. The lowest BCUT2D eigenvalue weighted by molar-refractivity contribution is -0.121. The van der Waals surface area contributed by atoms with Crippen molar-refractivity contribution in [1.29, 1.82) is 0 Å². The summed E-state index contributed by atoms with van der Waals surface area (Å²) < 4.78 is 0. The Morgan fingerprint density at radius 3 is 2.64 bits per heavy atom. The topological polar surface area (TPSA) is 61.4 Å². The van der Waals surface area contributed by atoms with Crippen molar-refractivity contribution in [2.45, 2.75) is 26.2 Å². The number of anilines is 1. The number of amides is 3. The van der Waals surface area contributed by atoms with Gasteiger partial charge < -0.3 is 15.5 Å². The Labute approximate surface area is 136 Å². The van der Waals surface area contributed by atoms with Crippen molar-refractivity contribution in [3.05, 3.63) is 28.8 Å². The number of halogens is 1. The van der Waals surface area contributed by atoms with Crippen molar-refractivity contribution in [2.75, 3.05) is 25.5 Å². The van der Waals surface area contributed by atoms with E-state index in [-0.39, 0.29) is 11.9 Å². The van der Waals surface area contributed by atoms with Crippen LogP contribution >= 0.6 is 11.6 Å². The minimum Gasteiger partial charge on any atom is -0.359 e. The van der Waals surface area contributed by atoms with Gasteiger partial charge in [-0.3, -0.25) is 4.79 Å². The van der Waals surface area contributed by atoms with Crippen LogP contribution in [0.25, 0.3) is 0 Å². The number of hydrogen-bond donors (Lipinski definition) is 2. The van der Waals surface area contributed by atoms with Gasteiger partial charge in [0.05, 0.1) is 10.7 Å². The van der Waals surface area contributed by atoms with Crippen molar-refractivity contribution in [1.82, 2.24) is 10.2 Å². The summed E-state index contributed by atoms with van der Waals surface area (Å²) in [4.78, 5) is 25.5. The van der Waals surface area contributed by atoms with E-state index in [2.05, 4.69) is 10.6 Å². The van der Waals surface area contributed by atoms with Gasteiger partial charge in [-0.25, -0.2) is 4.79 Å². The molecule has 5 nitrogen and oxygen atoms in total. The third kappa shape index (κ3) is 4.13. The molecular weight excluding hydrogens is 302 g/mol. The number of urea groups is 1. The zero-order valence-corrected chi connectivity index (χ0v) is 13.7. The molecule has 1 fully saturated rings. The summed E-state index contributed by atoms with van der Waals surface area (Å²) in [5.74, 6) is 0.418. The standard InChI is InChI=1S/C16H22ClN3O2/c1-11-4-3-5-13(15(11)17)19-16(22)20-8-6-12(7-9-20)10-14(21)18-2/h3-5,12H,6-10H2,1-2H3,(H,18,21)(H,19,22). The number of hydrogen-bond acceptors (Lipinski definition) is 2. The fraction of sp³-hybridized carbons (Fsp3) is 0.500. The molecule has 1 aliphatic heterocycles. The first-order valence-corrected chi connectivity index (χ1v) is 7.90. The summed E-state index contributed by atoms with van der Waals surface area (Å²) in [5, 5.41) is 6.08. The number of carbonyl (C=O) groups is 2. The summed E-state index contributed by atoms with van der Waals surface area (Å²) in [5.41, 5.74) is 1.57. The first-order chi connectivity index (χ1) is 10.5. The average molecular weight is 324 g/mol. The summed E-state index contributed by atoms with van der Waals surface area (Å²) in [7, 11) is 1.65. The third-order valence-corrected chi connectivity index (χ3v) is 4.59. The molecule has 1 saturated heterocycles. The van der Waals surface area contributed by atoms with Crippen LogP contribution in [0.1, 0.15) is 24.8 Å². The van der Waals surface area contributed by atoms with Gasteiger partial charge in [0.25, 0.3) is 0 Å². The van der Waals surface area contributed by atoms with Crippen LogP contribution < -0.4 is 10.6 Å². The Morgan fingerprint density at radius 1 is 1.32 bits per heavy atom. The van der Waals surface area contributed by atoms with E-state index < -0.39 is 0 Å². The Bertz CT molecular complexity index is 554. The molecule has 1 heterocycles. The van der Waals surface area contributed by atoms with E-state index in [9.17, 15) is 9.59 Å². The molecule has 2 rings (SSSR count). The third-order valence-electron chi connectivity index (χ3n) is 4.09. The Hall–Kier alpha value is -1.75. The summed E-state index contributed by atoms with van der Waals surface area (Å²) >= 11 is 6.19. The number of aryl methyl sites for hydroxylation is 1. The molecule has 1 aliphatic rings. The van der Waals surface area contributed by atoms with Gasteiger partial charge in [0.2, 0.25) is 5.91 Å². The lowest BCUT2D eigenvalue weighted by Gasteiger charge is -2.31. The number of rotatable bonds is 3. The lowest BCUT2D eigenvalue weighted by atomic mass is 9.93. The van der Waals surface area contributed by atoms with Gasteiger partial charge in [-0.2, -0.15) is 0 Å². The van der Waals surface area contributed by atoms with Crippen LogP contribution in [0.2, 0.25) is 5.02 Å². The molecule has 6 heteroatoms. The molecule has 22 heavy (non-hydrogen) atoms. The van der Waals surface area contributed by atoms with Gasteiger partial charge in [0, 0.05) is 26.6 Å². The van der Waals surface area contributed by atoms with Crippen molar-refractivity contribution >= 4 is 29.2 Å². The Morgan fingerprint density at radius 2 is 2.00 bits per heavy atom. The van der Waals surface area contributed by atoms with Crippen LogP contribution in [-0.2, 0) is 4.79 Å². The molecule has 3 amide bonds. The van der Waals surface area contributed by atoms with Gasteiger partial charge >= 0.3 is 6.03 Å². The fourth-order valence-electron chi connectivity index (χ4n) is 2.64. The first kappa shape index (κ1) is 16.6. The molecule has 0 aromatic heterocycles. The molecular formula is C16H22ClN3O2. The van der Waals surface area contributed by atoms with Crippen LogP contribution in [-0.4, -0.2) is 37.0 Å². The largest absolute Gasteiger partial charge is 0.359 e. The predicted molar refractivity (Wildman–Crippen MR) is 88.2 cm³/mol. The highest BCUT2D eigenvalue weighted by molar-refractivity contribution is 6.34. The number of benzene rings is 1. The highest BCUT2D eigenvalue weighted by Crippen LogP contribution is 2.26. The van der Waals surface area contributed by atoms with E-state index in [0.717, 1.165) is 18.4 Å². The molecule has 0 unspecified atom stereocenters. The van der Waals surface area contributed by atoms with Gasteiger partial charge in [-0.1, -0.05) is 23.7 Å². The van der Waals surface area contributed by atoms with Gasteiger partial charge in [0.15, 0.2) is 0 Å². The van der Waals surface area contributed by atoms with Crippen LogP contribution in [0.5, 0.6) is 0 Å². The molecule has 0 atom stereocenters. The molecule has 0 radical (unpaired) electrons. The van der Waals surface area contributed by atoms with Crippen molar-refractivity contribution in [3.8, 4) is 0 Å². The minimum atomic E-state index is -0.133. The molecule has 0 bridgehead atoms. The van der Waals surface area contributed by atoms with Gasteiger partial charge in [-0.05, 0) is 37.3 Å². The van der Waals surface area contributed by atoms with Gasteiger partial charge in [-0.15, -0.1) is 0 Å². The minimum absolute atomic E-state index is 0.0643. The molecule has 1 aromatic rings. The second-order valence-electron chi connectivity index (χ2n) is 5.67. The average Bonchev–Trinajstić information content (AvgIpc) is 2.52. The van der Waals surface area contributed by atoms with Crippen LogP contribution in [0.4, 0.5) is 10.5 Å². The number of piperidine rings is 1. The maximum absolute atomic E-state index is 12.3. The molecule has 120 valence electrons. The Kier molecular flexibility index (Phi) is 5.66. The van der Waals surface area contributed by atoms with Crippen LogP contribution in [0.15, 0.2) is 18.2 Å². The number of nitrogens with zero attached hydrogens (tertiary/aromatic N) is 1. The number of carbonyl (C=O) groups excluding carboxylic acids is 2. The van der Waals surface area contributed by atoms with E-state index in [1.807, 2.05) is 19.1 Å². The summed E-state index contributed by atoms with van der Waals surface area (Å²) in [6, 6.07) is 5.44. The fourth-order valence-corrected chi connectivity index (χ4v) is 2.82. The quantitative estimate of drug-likeness (QED) is 0.898. The van der Waals surface area contributed by atoms with E-state index in [1.54, 1.807) is 18.0 Å². The van der Waals surface area contributed by atoms with Gasteiger partial charge in [0.1, 0.15) is 0 Å². The van der Waals surface area contributed by atoms with Crippen LogP contribution in [0.3, 0.4) is 0 Å². The van der Waals surface area contributed by atoms with E-state index in [4.69, 9.17) is 11.6 Å². The van der Waals surface area contributed by atoms with E-state index >= 15 is 0 Å². The van der Waals surface area contributed by atoms with E-state index in [1.165, 1.54) is 0 Å². The molecule has 1 aromatic carbocycles. The summed E-state index contributed by atoms with van der Waals surface area (Å²) in [6.07, 6.45) is 2.24. The normalized spacial score (nSPS) is 15.5. The predicted octanol–water partition coefficient (Wildman–Crippen LogP) is 3.03. The van der Waals surface area contributed by atoms with Crippen molar-refractivity contribution in [3.63, 3.8) is 0 Å². The maximum atomic E-state index is 12.3.